The van der Waals surface area contributed by atoms with Crippen molar-refractivity contribution in [1.29, 1.82) is 0 Å². The van der Waals surface area contributed by atoms with Crippen LogP contribution in [0.25, 0.3) is 0 Å². The molecule has 2 N–H and O–H groups in total. The highest BCUT2D eigenvalue weighted by molar-refractivity contribution is 6.30. The molecular weight excluding hydrogens is 288 g/mol. The molecule has 1 aromatic rings. The van der Waals surface area contributed by atoms with Crippen molar-refractivity contribution in [3.05, 3.63) is 33.3 Å². The number of nitro benzene ring substituents is 1. The number of aliphatic carboxylic acids is 1. The van der Waals surface area contributed by atoms with Crippen LogP contribution < -0.4 is 10.1 Å². The molecule has 1 unspecified atom stereocenters. The molecule has 1 aromatic carbocycles. The van der Waals surface area contributed by atoms with Crippen molar-refractivity contribution in [3.63, 3.8) is 0 Å². The minimum absolute atomic E-state index is 0.0307. The maximum Gasteiger partial charge on any atom is 0.320 e. The normalized spacial score (nSPS) is 11.9. The summed E-state index contributed by atoms with van der Waals surface area (Å²) < 4.78 is 5.28. The lowest BCUT2D eigenvalue weighted by molar-refractivity contribution is -0.385. The van der Waals surface area contributed by atoms with Gasteiger partial charge in [0.25, 0.3) is 0 Å². The van der Waals surface area contributed by atoms with Crippen LogP contribution in [0.5, 0.6) is 5.75 Å². The molecule has 0 amide bonds. The molecule has 110 valence electrons. The summed E-state index contributed by atoms with van der Waals surface area (Å²) in [6.45, 7) is 2.33. The summed E-state index contributed by atoms with van der Waals surface area (Å²) >= 11 is 5.75. The lowest BCUT2D eigenvalue weighted by Gasteiger charge is -2.13. The van der Waals surface area contributed by atoms with E-state index in [1.807, 2.05) is 0 Å². The highest BCUT2D eigenvalue weighted by atomic mass is 35.5. The third-order valence-electron chi connectivity index (χ3n) is 2.53. The summed E-state index contributed by atoms with van der Waals surface area (Å²) in [5.74, 6) is -0.959. The summed E-state index contributed by atoms with van der Waals surface area (Å²) in [5, 5.41) is 22.8. The van der Waals surface area contributed by atoms with Crippen molar-refractivity contribution in [2.45, 2.75) is 19.4 Å². The van der Waals surface area contributed by atoms with Crippen molar-refractivity contribution >= 4 is 23.3 Å². The van der Waals surface area contributed by atoms with Crippen LogP contribution in [-0.2, 0) is 4.79 Å². The van der Waals surface area contributed by atoms with E-state index in [4.69, 9.17) is 21.4 Å². The Morgan fingerprint density at radius 3 is 2.85 bits per heavy atom. The summed E-state index contributed by atoms with van der Waals surface area (Å²) in [6.07, 6.45) is 0.187. The fraction of sp³-hybridized carbons (Fsp3) is 0.417. The van der Waals surface area contributed by atoms with Gasteiger partial charge in [-0.05, 0) is 12.6 Å². The van der Waals surface area contributed by atoms with Crippen LogP contribution in [-0.4, -0.2) is 35.2 Å². The number of hydrogen-bond acceptors (Lipinski definition) is 5. The molecule has 0 saturated heterocycles. The van der Waals surface area contributed by atoms with Crippen LogP contribution in [0.1, 0.15) is 13.3 Å². The Bertz CT molecular complexity index is 495. The number of nitro groups is 1. The van der Waals surface area contributed by atoms with Crippen LogP contribution in [0.4, 0.5) is 5.69 Å². The largest absolute Gasteiger partial charge is 0.487 e. The van der Waals surface area contributed by atoms with Gasteiger partial charge >= 0.3 is 11.7 Å². The van der Waals surface area contributed by atoms with Gasteiger partial charge in [0.1, 0.15) is 6.04 Å². The Morgan fingerprint density at radius 1 is 1.60 bits per heavy atom. The number of ether oxygens (including phenoxy) is 1. The molecule has 20 heavy (non-hydrogen) atoms. The van der Waals surface area contributed by atoms with Crippen molar-refractivity contribution < 1.29 is 19.6 Å². The van der Waals surface area contributed by atoms with Gasteiger partial charge in [-0.25, -0.2) is 0 Å². The molecule has 0 radical (unpaired) electrons. The van der Waals surface area contributed by atoms with E-state index in [2.05, 4.69) is 5.32 Å². The summed E-state index contributed by atoms with van der Waals surface area (Å²) in [4.78, 5) is 21.2. The lowest BCUT2D eigenvalue weighted by atomic mass is 10.2. The number of rotatable bonds is 8. The molecule has 0 fully saturated rings. The number of carboxylic acid groups (broad SMARTS) is 1. The predicted octanol–water partition coefficient (Wildman–Crippen LogP) is 2.08. The van der Waals surface area contributed by atoms with E-state index in [1.165, 1.54) is 18.2 Å². The first-order valence-electron chi connectivity index (χ1n) is 5.98. The quantitative estimate of drug-likeness (QED) is 0.563. The molecule has 0 saturated carbocycles. The average molecular weight is 303 g/mol. The van der Waals surface area contributed by atoms with Gasteiger partial charge in [0, 0.05) is 23.6 Å². The number of benzene rings is 1. The second-order valence-corrected chi connectivity index (χ2v) is 4.39. The Balaban J connectivity index is 2.67. The fourth-order valence-corrected chi connectivity index (χ4v) is 1.76. The van der Waals surface area contributed by atoms with Gasteiger partial charge in [0.15, 0.2) is 5.75 Å². The van der Waals surface area contributed by atoms with Gasteiger partial charge in [0.2, 0.25) is 0 Å². The topological polar surface area (TPSA) is 102 Å². The predicted molar refractivity (Wildman–Crippen MR) is 73.3 cm³/mol. The van der Waals surface area contributed by atoms with Crippen molar-refractivity contribution in [2.24, 2.45) is 0 Å². The number of hydrogen-bond donors (Lipinski definition) is 2. The van der Waals surface area contributed by atoms with Crippen molar-refractivity contribution in [3.8, 4) is 5.75 Å². The van der Waals surface area contributed by atoms with Gasteiger partial charge in [0.05, 0.1) is 11.5 Å². The van der Waals surface area contributed by atoms with Gasteiger partial charge in [-0.15, -0.1) is 0 Å². The monoisotopic (exact) mass is 302 g/mol. The summed E-state index contributed by atoms with van der Waals surface area (Å²) in [5.41, 5.74) is -0.204. The highest BCUT2D eigenvalue weighted by Crippen LogP contribution is 2.29. The standard InChI is InChI=1S/C12H15ClN2O5/c1-2-14-9(12(16)17)5-6-20-11-7-8(13)3-4-10(11)15(18)19/h3-4,7,9,14H,2,5-6H2,1H3,(H,16,17). The summed E-state index contributed by atoms with van der Waals surface area (Å²) in [6, 6.07) is 3.23. The third-order valence-corrected chi connectivity index (χ3v) is 2.77. The molecule has 0 aliphatic heterocycles. The van der Waals surface area contributed by atoms with Crippen LogP contribution in [0.2, 0.25) is 5.02 Å². The molecule has 0 aromatic heterocycles. The molecule has 0 heterocycles. The number of halogens is 1. The van der Waals surface area contributed by atoms with Crippen molar-refractivity contribution in [1.82, 2.24) is 5.32 Å². The molecule has 7 nitrogen and oxygen atoms in total. The molecule has 1 atom stereocenters. The minimum Gasteiger partial charge on any atom is -0.487 e. The first-order chi connectivity index (χ1) is 9.45. The van der Waals surface area contributed by atoms with Gasteiger partial charge < -0.3 is 15.2 Å². The molecule has 1 rings (SSSR count). The maximum absolute atomic E-state index is 10.9. The van der Waals surface area contributed by atoms with Crippen LogP contribution in [0.15, 0.2) is 18.2 Å². The average Bonchev–Trinajstić information content (AvgIpc) is 2.37. The van der Waals surface area contributed by atoms with E-state index in [0.717, 1.165) is 0 Å². The second kappa shape index (κ2) is 7.66. The van der Waals surface area contributed by atoms with Crippen LogP contribution >= 0.6 is 11.6 Å². The number of likely N-dealkylation sites (N-methyl/N-ethyl adjacent to an activating group) is 1. The van der Waals surface area contributed by atoms with Crippen LogP contribution in [0.3, 0.4) is 0 Å². The SMILES string of the molecule is CCNC(CCOc1cc(Cl)ccc1[N+](=O)[O-])C(=O)O. The molecule has 0 aliphatic carbocycles. The van der Waals surface area contributed by atoms with E-state index in [1.54, 1.807) is 6.92 Å². The Kier molecular flexibility index (Phi) is 6.20. The third kappa shape index (κ3) is 4.67. The minimum atomic E-state index is -0.990. The molecule has 0 spiro atoms. The Hall–Kier alpha value is -1.86. The zero-order chi connectivity index (χ0) is 15.1. The van der Waals surface area contributed by atoms with E-state index < -0.39 is 16.9 Å². The van der Waals surface area contributed by atoms with Crippen LogP contribution in [0, 0.1) is 10.1 Å². The highest BCUT2D eigenvalue weighted by Gasteiger charge is 2.18. The summed E-state index contributed by atoms with van der Waals surface area (Å²) in [7, 11) is 0. The van der Waals surface area contributed by atoms with Crippen molar-refractivity contribution in [2.75, 3.05) is 13.2 Å². The van der Waals surface area contributed by atoms with E-state index in [9.17, 15) is 14.9 Å². The number of nitrogens with one attached hydrogen (secondary N) is 1. The van der Waals surface area contributed by atoms with Gasteiger partial charge in [-0.2, -0.15) is 0 Å². The molecule has 8 heteroatoms. The van der Waals surface area contributed by atoms with E-state index >= 15 is 0 Å². The molecule has 0 aliphatic rings. The first-order valence-corrected chi connectivity index (χ1v) is 6.36. The molecule has 0 bridgehead atoms. The lowest BCUT2D eigenvalue weighted by Crippen LogP contribution is -2.37. The van der Waals surface area contributed by atoms with E-state index in [0.29, 0.717) is 11.6 Å². The Morgan fingerprint density at radius 2 is 2.30 bits per heavy atom. The number of carbonyl (C=O) groups is 1. The number of carboxylic acids is 1. The van der Waals surface area contributed by atoms with E-state index in [-0.39, 0.29) is 24.5 Å². The Labute approximate surface area is 120 Å². The first kappa shape index (κ1) is 16.2. The zero-order valence-electron chi connectivity index (χ0n) is 10.8. The molecular formula is C12H15ClN2O5. The second-order valence-electron chi connectivity index (χ2n) is 3.95. The smallest absolute Gasteiger partial charge is 0.320 e. The zero-order valence-corrected chi connectivity index (χ0v) is 11.6. The number of nitrogens with zero attached hydrogens (tertiary/aromatic N) is 1. The van der Waals surface area contributed by atoms with Gasteiger partial charge in [-0.3, -0.25) is 14.9 Å². The fourth-order valence-electron chi connectivity index (χ4n) is 1.60. The maximum atomic E-state index is 10.9. The van der Waals surface area contributed by atoms with Gasteiger partial charge in [-0.1, -0.05) is 18.5 Å².